The zero-order chi connectivity index (χ0) is 19.5. The Hall–Kier alpha value is -3.21. The van der Waals surface area contributed by atoms with Gasteiger partial charge in [0.1, 0.15) is 5.82 Å². The van der Waals surface area contributed by atoms with Crippen LogP contribution in [-0.2, 0) is 0 Å². The van der Waals surface area contributed by atoms with Crippen LogP contribution in [0.15, 0.2) is 59.7 Å². The molecule has 0 bridgehead atoms. The van der Waals surface area contributed by atoms with Gasteiger partial charge in [0.2, 0.25) is 0 Å². The second-order valence-corrected chi connectivity index (χ2v) is 7.08. The fraction of sp³-hybridized carbons (Fsp3) is 0.217. The van der Waals surface area contributed by atoms with Crippen LogP contribution in [-0.4, -0.2) is 25.2 Å². The van der Waals surface area contributed by atoms with Crippen LogP contribution in [0.25, 0.3) is 10.8 Å². The fourth-order valence-electron chi connectivity index (χ4n) is 3.67. The van der Waals surface area contributed by atoms with E-state index in [0.29, 0.717) is 16.8 Å². The average molecular weight is 375 g/mol. The lowest BCUT2D eigenvalue weighted by Gasteiger charge is -2.19. The van der Waals surface area contributed by atoms with E-state index < -0.39 is 0 Å². The Balaban J connectivity index is 1.51. The van der Waals surface area contributed by atoms with E-state index in [9.17, 15) is 9.18 Å². The van der Waals surface area contributed by atoms with E-state index in [-0.39, 0.29) is 11.7 Å². The highest BCUT2D eigenvalue weighted by Crippen LogP contribution is 2.26. The van der Waals surface area contributed by atoms with Crippen LogP contribution in [0.1, 0.15) is 34.3 Å². The molecular weight excluding hydrogens is 353 g/mol. The lowest BCUT2D eigenvalue weighted by atomic mass is 10.0. The van der Waals surface area contributed by atoms with E-state index in [4.69, 9.17) is 0 Å². The maximum Gasteiger partial charge on any atom is 0.271 e. The standard InChI is InChI=1S/C23H22FN3O/c1-16-13-22(27-11-4-5-12-27)21(24)14-18(16)15-25-26-23(28)20-10-6-8-17-7-2-3-9-19(17)20/h2-3,6-10,13-15H,4-5,11-12H2,1H3,(H,26,28)/b25-15-. The van der Waals surface area contributed by atoms with Gasteiger partial charge in [-0.1, -0.05) is 36.4 Å². The molecule has 4 nitrogen and oxygen atoms in total. The van der Waals surface area contributed by atoms with Gasteiger partial charge in [0.25, 0.3) is 5.91 Å². The first kappa shape index (κ1) is 18.2. The molecule has 3 aromatic rings. The van der Waals surface area contributed by atoms with Crippen molar-refractivity contribution in [3.63, 3.8) is 0 Å². The number of carbonyl (C=O) groups excluding carboxylic acids is 1. The number of amides is 1. The molecule has 0 aliphatic carbocycles. The number of hydrazone groups is 1. The van der Waals surface area contributed by atoms with Gasteiger partial charge in [0, 0.05) is 24.2 Å². The summed E-state index contributed by atoms with van der Waals surface area (Å²) in [5, 5.41) is 5.91. The van der Waals surface area contributed by atoms with Gasteiger partial charge in [-0.05, 0) is 54.3 Å². The number of halogens is 1. The second kappa shape index (κ2) is 7.80. The molecule has 4 rings (SSSR count). The Kier molecular flexibility index (Phi) is 5.06. The van der Waals surface area contributed by atoms with Gasteiger partial charge in [-0.2, -0.15) is 5.10 Å². The lowest BCUT2D eigenvalue weighted by molar-refractivity contribution is 0.0957. The quantitative estimate of drug-likeness (QED) is 0.533. The molecule has 0 aromatic heterocycles. The Morgan fingerprint density at radius 1 is 1.11 bits per heavy atom. The summed E-state index contributed by atoms with van der Waals surface area (Å²) < 4.78 is 14.5. The number of benzene rings is 3. The predicted molar refractivity (Wildman–Crippen MR) is 112 cm³/mol. The van der Waals surface area contributed by atoms with Gasteiger partial charge < -0.3 is 4.90 Å². The zero-order valence-corrected chi connectivity index (χ0v) is 15.8. The van der Waals surface area contributed by atoms with Crippen LogP contribution in [0.2, 0.25) is 0 Å². The summed E-state index contributed by atoms with van der Waals surface area (Å²) in [4.78, 5) is 14.6. The molecule has 1 amide bonds. The summed E-state index contributed by atoms with van der Waals surface area (Å²) in [5.41, 5.74) is 5.33. The minimum Gasteiger partial charge on any atom is -0.369 e. The van der Waals surface area contributed by atoms with Gasteiger partial charge in [-0.3, -0.25) is 4.79 Å². The molecule has 0 unspecified atom stereocenters. The molecule has 1 fully saturated rings. The van der Waals surface area contributed by atoms with Gasteiger partial charge in [0.15, 0.2) is 0 Å². The van der Waals surface area contributed by atoms with Crippen molar-refractivity contribution in [2.75, 3.05) is 18.0 Å². The number of nitrogens with zero attached hydrogens (tertiary/aromatic N) is 2. The number of fused-ring (bicyclic) bond motifs is 1. The minimum absolute atomic E-state index is 0.255. The molecule has 0 saturated carbocycles. The number of aryl methyl sites for hydroxylation is 1. The van der Waals surface area contributed by atoms with Crippen molar-refractivity contribution in [2.24, 2.45) is 5.10 Å². The Morgan fingerprint density at radius 3 is 2.68 bits per heavy atom. The molecule has 142 valence electrons. The molecule has 28 heavy (non-hydrogen) atoms. The fourth-order valence-corrected chi connectivity index (χ4v) is 3.67. The largest absolute Gasteiger partial charge is 0.369 e. The molecule has 0 radical (unpaired) electrons. The Labute approximate surface area is 163 Å². The highest BCUT2D eigenvalue weighted by Gasteiger charge is 2.17. The van der Waals surface area contributed by atoms with Crippen molar-refractivity contribution < 1.29 is 9.18 Å². The zero-order valence-electron chi connectivity index (χ0n) is 15.8. The maximum atomic E-state index is 14.5. The normalized spacial score (nSPS) is 14.1. The Morgan fingerprint density at radius 2 is 1.86 bits per heavy atom. The maximum absolute atomic E-state index is 14.5. The summed E-state index contributed by atoms with van der Waals surface area (Å²) in [6.45, 7) is 3.71. The number of hydrogen-bond donors (Lipinski definition) is 1. The van der Waals surface area contributed by atoms with E-state index in [1.165, 1.54) is 12.3 Å². The number of rotatable bonds is 4. The summed E-state index contributed by atoms with van der Waals surface area (Å²) in [5.74, 6) is -0.547. The molecule has 0 atom stereocenters. The second-order valence-electron chi connectivity index (χ2n) is 7.08. The van der Waals surface area contributed by atoms with E-state index >= 15 is 0 Å². The van der Waals surface area contributed by atoms with Gasteiger partial charge in [-0.15, -0.1) is 0 Å². The summed E-state index contributed by atoms with van der Waals surface area (Å²) in [7, 11) is 0. The molecule has 1 N–H and O–H groups in total. The van der Waals surface area contributed by atoms with E-state index in [1.54, 1.807) is 6.07 Å². The van der Waals surface area contributed by atoms with Crippen molar-refractivity contribution in [3.8, 4) is 0 Å². The highest BCUT2D eigenvalue weighted by atomic mass is 19.1. The smallest absolute Gasteiger partial charge is 0.271 e. The van der Waals surface area contributed by atoms with Crippen LogP contribution >= 0.6 is 0 Å². The summed E-state index contributed by atoms with van der Waals surface area (Å²) in [6.07, 6.45) is 3.69. The van der Waals surface area contributed by atoms with Crippen molar-refractivity contribution in [2.45, 2.75) is 19.8 Å². The van der Waals surface area contributed by atoms with Crippen LogP contribution in [0, 0.1) is 12.7 Å². The topological polar surface area (TPSA) is 44.7 Å². The molecule has 1 aliphatic rings. The number of carbonyl (C=O) groups is 1. The van der Waals surface area contributed by atoms with Crippen LogP contribution in [0.5, 0.6) is 0 Å². The first-order valence-corrected chi connectivity index (χ1v) is 9.50. The Bertz CT molecular complexity index is 1050. The monoisotopic (exact) mass is 375 g/mol. The molecule has 1 aliphatic heterocycles. The predicted octanol–water partition coefficient (Wildman–Crippen LogP) is 4.65. The molecule has 1 heterocycles. The molecule has 0 spiro atoms. The van der Waals surface area contributed by atoms with Gasteiger partial charge in [0.05, 0.1) is 11.9 Å². The molecular formula is C23H22FN3O. The molecule has 3 aromatic carbocycles. The van der Waals surface area contributed by atoms with Crippen molar-refractivity contribution in [1.82, 2.24) is 5.43 Å². The molecule has 1 saturated heterocycles. The van der Waals surface area contributed by atoms with Gasteiger partial charge in [-0.25, -0.2) is 9.82 Å². The number of anilines is 1. The minimum atomic E-state index is -0.292. The SMILES string of the molecule is Cc1cc(N2CCCC2)c(F)cc1/C=N\NC(=O)c1cccc2ccccc12. The lowest BCUT2D eigenvalue weighted by Crippen LogP contribution is -2.19. The van der Waals surface area contributed by atoms with E-state index in [1.807, 2.05) is 49.4 Å². The van der Waals surface area contributed by atoms with Crippen LogP contribution in [0.4, 0.5) is 10.1 Å². The third-order valence-electron chi connectivity index (χ3n) is 5.19. The third kappa shape index (κ3) is 3.60. The van der Waals surface area contributed by atoms with Crippen LogP contribution < -0.4 is 10.3 Å². The van der Waals surface area contributed by atoms with Crippen molar-refractivity contribution >= 4 is 28.6 Å². The first-order valence-electron chi connectivity index (χ1n) is 9.50. The van der Waals surface area contributed by atoms with E-state index in [0.717, 1.165) is 42.3 Å². The highest BCUT2D eigenvalue weighted by molar-refractivity contribution is 6.07. The van der Waals surface area contributed by atoms with Crippen LogP contribution in [0.3, 0.4) is 0 Å². The van der Waals surface area contributed by atoms with Gasteiger partial charge >= 0.3 is 0 Å². The number of nitrogens with one attached hydrogen (secondary N) is 1. The summed E-state index contributed by atoms with van der Waals surface area (Å²) in [6, 6.07) is 16.6. The first-order chi connectivity index (χ1) is 13.6. The van der Waals surface area contributed by atoms with Crippen molar-refractivity contribution in [3.05, 3.63) is 77.1 Å². The number of hydrogen-bond acceptors (Lipinski definition) is 3. The third-order valence-corrected chi connectivity index (χ3v) is 5.19. The van der Waals surface area contributed by atoms with E-state index in [2.05, 4.69) is 15.4 Å². The molecule has 5 heteroatoms. The summed E-state index contributed by atoms with van der Waals surface area (Å²) >= 11 is 0. The van der Waals surface area contributed by atoms with Crippen molar-refractivity contribution in [1.29, 1.82) is 0 Å². The average Bonchev–Trinajstić information content (AvgIpc) is 3.24.